The molecule has 1 saturated heterocycles. The molecule has 0 radical (unpaired) electrons. The normalized spacial score (nSPS) is 14.5. The van der Waals surface area contributed by atoms with Crippen molar-refractivity contribution < 1.29 is 9.53 Å². The Hall–Kier alpha value is -2.73. The molecule has 1 aliphatic rings. The Bertz CT molecular complexity index is 902. The summed E-state index contributed by atoms with van der Waals surface area (Å²) < 4.78 is 5.70. The van der Waals surface area contributed by atoms with Gasteiger partial charge in [-0.05, 0) is 54.6 Å². The predicted octanol–water partition coefficient (Wildman–Crippen LogP) is 4.65. The van der Waals surface area contributed by atoms with Crippen LogP contribution in [0.5, 0.6) is 5.75 Å². The van der Waals surface area contributed by atoms with Crippen LogP contribution < -0.4 is 4.74 Å². The average Bonchev–Trinajstić information content (AvgIpc) is 3.15. The molecule has 1 aliphatic heterocycles. The summed E-state index contributed by atoms with van der Waals surface area (Å²) >= 11 is 1.66. The van der Waals surface area contributed by atoms with E-state index in [1.807, 2.05) is 46.7 Å². The minimum absolute atomic E-state index is 0.0676. The summed E-state index contributed by atoms with van der Waals surface area (Å²) in [6, 6.07) is 13.6. The Morgan fingerprint density at radius 2 is 1.82 bits per heavy atom. The molecule has 1 fully saturated rings. The molecule has 144 valence electrons. The molecule has 2 aromatic heterocycles. The number of carbonyl (C=O) groups excluding carboxylic acids is 1. The summed E-state index contributed by atoms with van der Waals surface area (Å²) in [4.78, 5) is 24.4. The van der Waals surface area contributed by atoms with Crippen molar-refractivity contribution in [1.29, 1.82) is 0 Å². The number of aromatic nitrogens is 2. The third-order valence-corrected chi connectivity index (χ3v) is 5.76. The molecular weight excluding hydrogens is 370 g/mol. The number of likely N-dealkylation sites (tertiary alicyclic amines) is 1. The van der Waals surface area contributed by atoms with E-state index in [2.05, 4.69) is 16.0 Å². The van der Waals surface area contributed by atoms with Gasteiger partial charge in [0.15, 0.2) is 12.4 Å². The summed E-state index contributed by atoms with van der Waals surface area (Å²) in [6.45, 7) is 1.78. The summed E-state index contributed by atoms with van der Waals surface area (Å²) in [7, 11) is 0. The zero-order chi connectivity index (χ0) is 19.2. The summed E-state index contributed by atoms with van der Waals surface area (Å²) in [5.41, 5.74) is 1.84. The second-order valence-corrected chi connectivity index (χ2v) is 7.80. The number of benzene rings is 1. The number of amides is 1. The van der Waals surface area contributed by atoms with Gasteiger partial charge in [-0.15, -0.1) is 11.3 Å². The fraction of sp³-hybridized carbons (Fsp3) is 0.318. The Balaban J connectivity index is 1.39. The van der Waals surface area contributed by atoms with Crippen molar-refractivity contribution in [1.82, 2.24) is 14.9 Å². The van der Waals surface area contributed by atoms with E-state index in [-0.39, 0.29) is 12.5 Å². The first-order valence-corrected chi connectivity index (χ1v) is 10.6. The molecule has 3 heterocycles. The highest BCUT2D eigenvalue weighted by molar-refractivity contribution is 7.13. The maximum atomic E-state index is 12.3. The molecule has 0 aliphatic carbocycles. The lowest BCUT2D eigenvalue weighted by Crippen LogP contribution is -2.35. The van der Waals surface area contributed by atoms with Crippen LogP contribution in [0, 0.1) is 0 Å². The molecule has 28 heavy (non-hydrogen) atoms. The molecule has 4 rings (SSSR count). The SMILES string of the molecule is O=C(COc1ccc(-c2nccc(-c3cccs3)n2)cc1)N1CCCCCC1. The van der Waals surface area contributed by atoms with Crippen molar-refractivity contribution in [2.45, 2.75) is 25.7 Å². The Labute approximate surface area is 169 Å². The van der Waals surface area contributed by atoms with E-state index < -0.39 is 0 Å². The Morgan fingerprint density at radius 3 is 2.54 bits per heavy atom. The Kier molecular flexibility index (Phi) is 5.97. The van der Waals surface area contributed by atoms with Crippen molar-refractivity contribution in [2.24, 2.45) is 0 Å². The molecular formula is C22H23N3O2S. The van der Waals surface area contributed by atoms with E-state index in [1.165, 1.54) is 12.8 Å². The molecule has 0 unspecified atom stereocenters. The van der Waals surface area contributed by atoms with Crippen LogP contribution in [0.3, 0.4) is 0 Å². The van der Waals surface area contributed by atoms with Crippen molar-refractivity contribution in [2.75, 3.05) is 19.7 Å². The van der Waals surface area contributed by atoms with Gasteiger partial charge in [-0.3, -0.25) is 4.79 Å². The van der Waals surface area contributed by atoms with Gasteiger partial charge in [0.25, 0.3) is 5.91 Å². The second-order valence-electron chi connectivity index (χ2n) is 6.85. The predicted molar refractivity (Wildman–Crippen MR) is 111 cm³/mol. The number of thiophene rings is 1. The van der Waals surface area contributed by atoms with Gasteiger partial charge in [-0.1, -0.05) is 18.9 Å². The van der Waals surface area contributed by atoms with E-state index in [0.717, 1.165) is 42.1 Å². The lowest BCUT2D eigenvalue weighted by molar-refractivity contribution is -0.133. The average molecular weight is 394 g/mol. The maximum Gasteiger partial charge on any atom is 0.260 e. The first-order valence-electron chi connectivity index (χ1n) is 9.67. The summed E-state index contributed by atoms with van der Waals surface area (Å²) in [6.07, 6.45) is 6.38. The monoisotopic (exact) mass is 393 g/mol. The molecule has 6 heteroatoms. The minimum atomic E-state index is 0.0676. The molecule has 0 saturated carbocycles. The van der Waals surface area contributed by atoms with Crippen LogP contribution in [0.2, 0.25) is 0 Å². The zero-order valence-corrected chi connectivity index (χ0v) is 16.5. The molecule has 5 nitrogen and oxygen atoms in total. The van der Waals surface area contributed by atoms with Crippen LogP contribution in [0.25, 0.3) is 22.0 Å². The molecule has 0 bridgehead atoms. The zero-order valence-electron chi connectivity index (χ0n) is 15.7. The topological polar surface area (TPSA) is 55.3 Å². The lowest BCUT2D eigenvalue weighted by Gasteiger charge is -2.20. The van der Waals surface area contributed by atoms with E-state index >= 15 is 0 Å². The number of hydrogen-bond donors (Lipinski definition) is 0. The van der Waals surface area contributed by atoms with Gasteiger partial charge >= 0.3 is 0 Å². The van der Waals surface area contributed by atoms with E-state index in [9.17, 15) is 4.79 Å². The lowest BCUT2D eigenvalue weighted by atomic mass is 10.2. The van der Waals surface area contributed by atoms with Crippen LogP contribution in [0.1, 0.15) is 25.7 Å². The van der Waals surface area contributed by atoms with E-state index in [1.54, 1.807) is 17.5 Å². The molecule has 0 atom stereocenters. The van der Waals surface area contributed by atoms with Gasteiger partial charge in [0, 0.05) is 24.8 Å². The first-order chi connectivity index (χ1) is 13.8. The van der Waals surface area contributed by atoms with Gasteiger partial charge in [-0.2, -0.15) is 0 Å². The second kappa shape index (κ2) is 8.97. The molecule has 1 aromatic carbocycles. The first kappa shape index (κ1) is 18.6. The van der Waals surface area contributed by atoms with Gasteiger partial charge in [0.05, 0.1) is 10.6 Å². The largest absolute Gasteiger partial charge is 0.484 e. The van der Waals surface area contributed by atoms with Gasteiger partial charge in [0.2, 0.25) is 0 Å². The van der Waals surface area contributed by atoms with E-state index in [0.29, 0.717) is 11.6 Å². The number of carbonyl (C=O) groups is 1. The van der Waals surface area contributed by atoms with Crippen LogP contribution in [-0.2, 0) is 4.79 Å². The minimum Gasteiger partial charge on any atom is -0.484 e. The van der Waals surface area contributed by atoms with Crippen molar-refractivity contribution in [3.8, 4) is 27.7 Å². The summed E-state index contributed by atoms with van der Waals surface area (Å²) in [5.74, 6) is 1.43. The number of ether oxygens (including phenoxy) is 1. The van der Waals surface area contributed by atoms with Crippen LogP contribution in [0.15, 0.2) is 54.0 Å². The number of rotatable bonds is 5. The third-order valence-electron chi connectivity index (χ3n) is 4.86. The molecule has 0 N–H and O–H groups in total. The fourth-order valence-electron chi connectivity index (χ4n) is 3.32. The number of hydrogen-bond acceptors (Lipinski definition) is 5. The highest BCUT2D eigenvalue weighted by atomic mass is 32.1. The van der Waals surface area contributed by atoms with Crippen LogP contribution in [-0.4, -0.2) is 40.5 Å². The van der Waals surface area contributed by atoms with Crippen LogP contribution >= 0.6 is 11.3 Å². The summed E-state index contributed by atoms with van der Waals surface area (Å²) in [5, 5.41) is 2.04. The molecule has 0 spiro atoms. The van der Waals surface area contributed by atoms with Gasteiger partial charge in [0.1, 0.15) is 5.75 Å². The molecule has 1 amide bonds. The van der Waals surface area contributed by atoms with Crippen molar-refractivity contribution in [3.63, 3.8) is 0 Å². The smallest absolute Gasteiger partial charge is 0.260 e. The Morgan fingerprint density at radius 1 is 1.04 bits per heavy atom. The van der Waals surface area contributed by atoms with Crippen molar-refractivity contribution >= 4 is 17.2 Å². The quantitative estimate of drug-likeness (QED) is 0.633. The van der Waals surface area contributed by atoms with Crippen LogP contribution in [0.4, 0.5) is 0 Å². The van der Waals surface area contributed by atoms with E-state index in [4.69, 9.17) is 4.74 Å². The fourth-order valence-corrected chi connectivity index (χ4v) is 4.01. The number of nitrogens with zero attached hydrogens (tertiary/aromatic N) is 3. The molecule has 3 aromatic rings. The highest BCUT2D eigenvalue weighted by Gasteiger charge is 2.16. The van der Waals surface area contributed by atoms with Gasteiger partial charge in [-0.25, -0.2) is 9.97 Å². The standard InChI is InChI=1S/C22H23N3O2S/c26-21(25-13-3-1-2-4-14-25)16-27-18-9-7-17(8-10-18)22-23-12-11-19(24-22)20-6-5-15-28-20/h5-12,15H,1-4,13-14,16H2. The maximum absolute atomic E-state index is 12.3. The van der Waals surface area contributed by atoms with Crippen molar-refractivity contribution in [3.05, 3.63) is 54.0 Å². The third kappa shape index (κ3) is 4.57. The highest BCUT2D eigenvalue weighted by Crippen LogP contribution is 2.25. The van der Waals surface area contributed by atoms with Gasteiger partial charge < -0.3 is 9.64 Å².